The smallest absolute Gasteiger partial charge is 0.149 e. The van der Waals surface area contributed by atoms with Gasteiger partial charge in [0.25, 0.3) is 0 Å². The Bertz CT molecular complexity index is 570. The van der Waals surface area contributed by atoms with E-state index in [1.807, 2.05) is 0 Å². The molecule has 0 aliphatic rings. The van der Waals surface area contributed by atoms with Crippen LogP contribution in [-0.4, -0.2) is 15.3 Å². The SMILES string of the molecule is CC(C)(C)NCc1ccn(-c2cc(F)ccc2F)n1. The van der Waals surface area contributed by atoms with Gasteiger partial charge in [0.1, 0.15) is 17.3 Å². The number of benzene rings is 1. The van der Waals surface area contributed by atoms with Crippen LogP contribution in [0.2, 0.25) is 0 Å². The van der Waals surface area contributed by atoms with Crippen molar-refractivity contribution in [3.05, 3.63) is 47.8 Å². The van der Waals surface area contributed by atoms with E-state index in [0.717, 1.165) is 23.9 Å². The van der Waals surface area contributed by atoms with Gasteiger partial charge in [-0.25, -0.2) is 13.5 Å². The molecule has 2 rings (SSSR count). The molecule has 0 radical (unpaired) electrons. The molecule has 0 aliphatic heterocycles. The summed E-state index contributed by atoms with van der Waals surface area (Å²) in [5.74, 6) is -0.985. The van der Waals surface area contributed by atoms with E-state index in [1.165, 1.54) is 4.68 Å². The molecule has 1 aromatic heterocycles. The van der Waals surface area contributed by atoms with Gasteiger partial charge in [-0.1, -0.05) is 0 Å². The molecule has 0 atom stereocenters. The average Bonchev–Trinajstić information content (AvgIpc) is 2.77. The van der Waals surface area contributed by atoms with Crippen molar-refractivity contribution in [2.24, 2.45) is 0 Å². The topological polar surface area (TPSA) is 29.9 Å². The van der Waals surface area contributed by atoms with E-state index < -0.39 is 11.6 Å². The summed E-state index contributed by atoms with van der Waals surface area (Å²) in [7, 11) is 0. The molecule has 102 valence electrons. The molecule has 5 heteroatoms. The van der Waals surface area contributed by atoms with Crippen LogP contribution in [0.3, 0.4) is 0 Å². The molecule has 0 saturated carbocycles. The molecule has 0 amide bonds. The van der Waals surface area contributed by atoms with Crippen molar-refractivity contribution < 1.29 is 8.78 Å². The summed E-state index contributed by atoms with van der Waals surface area (Å²) in [5.41, 5.74) is 0.869. The number of nitrogens with zero attached hydrogens (tertiary/aromatic N) is 2. The van der Waals surface area contributed by atoms with Gasteiger partial charge in [0.05, 0.1) is 5.69 Å². The Hall–Kier alpha value is -1.75. The second kappa shape index (κ2) is 5.09. The fourth-order valence-electron chi connectivity index (χ4n) is 1.61. The predicted octanol–water partition coefficient (Wildman–Crippen LogP) is 3.04. The first-order chi connectivity index (χ1) is 8.85. The Morgan fingerprint density at radius 2 is 1.95 bits per heavy atom. The summed E-state index contributed by atoms with van der Waals surface area (Å²) in [6.45, 7) is 6.73. The van der Waals surface area contributed by atoms with Crippen LogP contribution >= 0.6 is 0 Å². The Morgan fingerprint density at radius 1 is 1.21 bits per heavy atom. The van der Waals surface area contributed by atoms with Crippen molar-refractivity contribution in [3.8, 4) is 5.69 Å². The molecule has 0 saturated heterocycles. The van der Waals surface area contributed by atoms with E-state index in [2.05, 4.69) is 31.2 Å². The van der Waals surface area contributed by atoms with Crippen LogP contribution in [0.15, 0.2) is 30.5 Å². The molecular formula is C14H17F2N3. The van der Waals surface area contributed by atoms with Crippen molar-refractivity contribution in [3.63, 3.8) is 0 Å². The molecule has 0 fully saturated rings. The molecule has 0 aliphatic carbocycles. The van der Waals surface area contributed by atoms with Crippen LogP contribution in [0, 0.1) is 11.6 Å². The number of rotatable bonds is 3. The number of halogens is 2. The third-order valence-corrected chi connectivity index (χ3v) is 2.60. The van der Waals surface area contributed by atoms with Crippen LogP contribution in [0.25, 0.3) is 5.69 Å². The normalized spacial score (nSPS) is 11.8. The van der Waals surface area contributed by atoms with Gasteiger partial charge < -0.3 is 5.32 Å². The van der Waals surface area contributed by atoms with Crippen molar-refractivity contribution in [2.45, 2.75) is 32.9 Å². The van der Waals surface area contributed by atoms with Gasteiger partial charge in [0, 0.05) is 24.3 Å². The lowest BCUT2D eigenvalue weighted by Gasteiger charge is -2.19. The summed E-state index contributed by atoms with van der Waals surface area (Å²) in [5, 5.41) is 7.52. The molecule has 19 heavy (non-hydrogen) atoms. The van der Waals surface area contributed by atoms with Gasteiger partial charge in [-0.05, 0) is 39.0 Å². The molecule has 1 heterocycles. The fraction of sp³-hybridized carbons (Fsp3) is 0.357. The summed E-state index contributed by atoms with van der Waals surface area (Å²) >= 11 is 0. The van der Waals surface area contributed by atoms with Gasteiger partial charge >= 0.3 is 0 Å². The van der Waals surface area contributed by atoms with Gasteiger partial charge in [-0.15, -0.1) is 0 Å². The largest absolute Gasteiger partial charge is 0.306 e. The fourth-order valence-corrected chi connectivity index (χ4v) is 1.61. The third-order valence-electron chi connectivity index (χ3n) is 2.60. The first-order valence-corrected chi connectivity index (χ1v) is 6.10. The summed E-state index contributed by atoms with van der Waals surface area (Å²) in [4.78, 5) is 0. The van der Waals surface area contributed by atoms with Gasteiger partial charge in [0.2, 0.25) is 0 Å². The van der Waals surface area contributed by atoms with Gasteiger partial charge in [0.15, 0.2) is 0 Å². The minimum absolute atomic E-state index is 0.0200. The number of aromatic nitrogens is 2. The highest BCUT2D eigenvalue weighted by molar-refractivity contribution is 5.33. The highest BCUT2D eigenvalue weighted by Crippen LogP contribution is 2.14. The summed E-state index contributed by atoms with van der Waals surface area (Å²) in [6.07, 6.45) is 1.62. The van der Waals surface area contributed by atoms with Crippen LogP contribution < -0.4 is 5.32 Å². The minimum Gasteiger partial charge on any atom is -0.306 e. The summed E-state index contributed by atoms with van der Waals surface area (Å²) in [6, 6.07) is 5.09. The highest BCUT2D eigenvalue weighted by atomic mass is 19.1. The molecule has 0 spiro atoms. The second-order valence-electron chi connectivity index (χ2n) is 5.45. The zero-order chi connectivity index (χ0) is 14.0. The minimum atomic E-state index is -0.500. The van der Waals surface area contributed by atoms with Crippen molar-refractivity contribution in [1.29, 1.82) is 0 Å². The Balaban J connectivity index is 2.19. The molecule has 0 unspecified atom stereocenters. The Labute approximate surface area is 111 Å². The average molecular weight is 265 g/mol. The van der Waals surface area contributed by atoms with E-state index in [-0.39, 0.29) is 11.2 Å². The lowest BCUT2D eigenvalue weighted by molar-refractivity contribution is 0.420. The molecule has 1 aromatic carbocycles. The maximum atomic E-state index is 13.6. The molecular weight excluding hydrogens is 248 g/mol. The predicted molar refractivity (Wildman–Crippen MR) is 70.1 cm³/mol. The van der Waals surface area contributed by atoms with Gasteiger partial charge in [-0.3, -0.25) is 0 Å². The number of hydrogen-bond acceptors (Lipinski definition) is 2. The second-order valence-corrected chi connectivity index (χ2v) is 5.45. The zero-order valence-corrected chi connectivity index (χ0v) is 11.2. The number of hydrogen-bond donors (Lipinski definition) is 1. The van der Waals surface area contributed by atoms with E-state index in [0.29, 0.717) is 6.54 Å². The van der Waals surface area contributed by atoms with Crippen LogP contribution in [0.5, 0.6) is 0 Å². The number of nitrogens with one attached hydrogen (secondary N) is 1. The highest BCUT2D eigenvalue weighted by Gasteiger charge is 2.11. The van der Waals surface area contributed by atoms with E-state index in [1.54, 1.807) is 12.3 Å². The first kappa shape index (κ1) is 13.7. The quantitative estimate of drug-likeness (QED) is 0.924. The van der Waals surface area contributed by atoms with E-state index in [9.17, 15) is 8.78 Å². The molecule has 3 nitrogen and oxygen atoms in total. The van der Waals surface area contributed by atoms with Crippen molar-refractivity contribution in [2.75, 3.05) is 0 Å². The molecule has 0 bridgehead atoms. The molecule has 2 aromatic rings. The lowest BCUT2D eigenvalue weighted by Crippen LogP contribution is -2.35. The Morgan fingerprint density at radius 3 is 2.63 bits per heavy atom. The van der Waals surface area contributed by atoms with Crippen molar-refractivity contribution in [1.82, 2.24) is 15.1 Å². The van der Waals surface area contributed by atoms with Crippen molar-refractivity contribution >= 4 is 0 Å². The first-order valence-electron chi connectivity index (χ1n) is 6.10. The van der Waals surface area contributed by atoms with E-state index >= 15 is 0 Å². The monoisotopic (exact) mass is 265 g/mol. The third kappa shape index (κ3) is 3.61. The van der Waals surface area contributed by atoms with Crippen LogP contribution in [0.1, 0.15) is 26.5 Å². The maximum absolute atomic E-state index is 13.6. The zero-order valence-electron chi connectivity index (χ0n) is 11.2. The molecule has 1 N–H and O–H groups in total. The lowest BCUT2D eigenvalue weighted by atomic mass is 10.1. The standard InChI is InChI=1S/C14H17F2N3/c1-14(2,3)17-9-11-6-7-19(18-11)13-8-10(15)4-5-12(13)16/h4-8,17H,9H2,1-3H3. The van der Waals surface area contributed by atoms with E-state index in [4.69, 9.17) is 0 Å². The van der Waals surface area contributed by atoms with Crippen LogP contribution in [0.4, 0.5) is 8.78 Å². The van der Waals surface area contributed by atoms with Gasteiger partial charge in [-0.2, -0.15) is 5.10 Å². The summed E-state index contributed by atoms with van der Waals surface area (Å²) < 4.78 is 28.1. The Kier molecular flexibility index (Phi) is 3.66. The maximum Gasteiger partial charge on any atom is 0.149 e. The van der Waals surface area contributed by atoms with Crippen LogP contribution in [-0.2, 0) is 6.54 Å².